The van der Waals surface area contributed by atoms with Crippen LogP contribution >= 0.6 is 11.6 Å². The predicted molar refractivity (Wildman–Crippen MR) is 139 cm³/mol. The van der Waals surface area contributed by atoms with Gasteiger partial charge in [-0.25, -0.2) is 9.38 Å². The van der Waals surface area contributed by atoms with Crippen molar-refractivity contribution in [1.29, 1.82) is 5.41 Å². The second-order valence-corrected chi connectivity index (χ2v) is 10.6. The number of rotatable bonds is 6. The minimum atomic E-state index is -0.429. The summed E-state index contributed by atoms with van der Waals surface area (Å²) in [6.45, 7) is 5.56. The van der Waals surface area contributed by atoms with Gasteiger partial charge in [0.2, 0.25) is 0 Å². The minimum absolute atomic E-state index is 0.0384. The summed E-state index contributed by atoms with van der Waals surface area (Å²) in [6.07, 6.45) is 8.03. The van der Waals surface area contributed by atoms with Crippen molar-refractivity contribution in [3.8, 4) is 5.75 Å². The summed E-state index contributed by atoms with van der Waals surface area (Å²) < 4.78 is 20.6. The molecule has 1 aromatic carbocycles. The third-order valence-corrected chi connectivity index (χ3v) is 8.07. The standard InChI is InChI=1S/C27H33ClFN5O2/c1-3-4-9-34-18-6-7-19(34)12-20(11-18)36-25-10-17(29)5-8-21(25)27(35)33-14-22(24(30)15-33)26-31-13-23(28)16(2)32-26/h5,8,10,13,18-20,30,32H,3-4,6-7,9,11-12,14-15H2,1-2H3/b26-22-,30-24?/t18-,19+,20+. The van der Waals surface area contributed by atoms with E-state index in [-0.39, 0.29) is 25.1 Å². The Morgan fingerprint density at radius 3 is 2.72 bits per heavy atom. The number of likely N-dealkylation sites (tertiary alicyclic amines) is 1. The highest BCUT2D eigenvalue weighted by Gasteiger charge is 2.41. The largest absolute Gasteiger partial charge is 0.489 e. The van der Waals surface area contributed by atoms with Gasteiger partial charge in [0, 0.05) is 35.6 Å². The number of allylic oxidation sites excluding steroid dienone is 2. The fourth-order valence-corrected chi connectivity index (χ4v) is 5.87. The van der Waals surface area contributed by atoms with Gasteiger partial charge in [-0.1, -0.05) is 24.9 Å². The van der Waals surface area contributed by atoms with Gasteiger partial charge in [-0.2, -0.15) is 0 Å². The summed E-state index contributed by atoms with van der Waals surface area (Å²) in [7, 11) is 0. The van der Waals surface area contributed by atoms with E-state index in [1.165, 1.54) is 43.9 Å². The summed E-state index contributed by atoms with van der Waals surface area (Å²) in [5, 5.41) is 12.1. The Bertz CT molecular complexity index is 1150. The van der Waals surface area contributed by atoms with Crippen LogP contribution in [-0.4, -0.2) is 65.5 Å². The fraction of sp³-hybridized carbons (Fsp3) is 0.519. The van der Waals surface area contributed by atoms with Crippen molar-refractivity contribution in [3.63, 3.8) is 0 Å². The number of unbranched alkanes of at least 4 members (excludes halogenated alkanes) is 1. The topological polar surface area (TPSA) is 81.0 Å². The van der Waals surface area contributed by atoms with E-state index in [0.717, 1.165) is 25.1 Å². The maximum absolute atomic E-state index is 14.3. The highest BCUT2D eigenvalue weighted by atomic mass is 35.5. The molecular weight excluding hydrogens is 481 g/mol. The van der Waals surface area contributed by atoms with E-state index >= 15 is 0 Å². The van der Waals surface area contributed by atoms with Gasteiger partial charge in [-0.05, 0) is 57.7 Å². The van der Waals surface area contributed by atoms with Crippen LogP contribution < -0.4 is 10.1 Å². The number of hydrogen-bond donors (Lipinski definition) is 2. The zero-order valence-corrected chi connectivity index (χ0v) is 21.6. The van der Waals surface area contributed by atoms with E-state index in [0.29, 0.717) is 45.5 Å². The van der Waals surface area contributed by atoms with Gasteiger partial charge in [0.05, 0.1) is 29.4 Å². The lowest BCUT2D eigenvalue weighted by Crippen LogP contribution is -2.46. The van der Waals surface area contributed by atoms with Gasteiger partial charge in [0.15, 0.2) is 0 Å². The number of halogens is 2. The smallest absolute Gasteiger partial charge is 0.258 e. The molecule has 4 aliphatic rings. The number of hydrogen-bond acceptors (Lipinski definition) is 6. The van der Waals surface area contributed by atoms with Gasteiger partial charge < -0.3 is 20.4 Å². The van der Waals surface area contributed by atoms with Gasteiger partial charge >= 0.3 is 0 Å². The second-order valence-electron chi connectivity index (χ2n) is 10.2. The number of carbonyl (C=O) groups excluding carboxylic acids is 1. The number of nitrogens with zero attached hydrogens (tertiary/aromatic N) is 3. The molecule has 0 saturated carbocycles. The lowest BCUT2D eigenvalue weighted by Gasteiger charge is -2.39. The predicted octanol–water partition coefficient (Wildman–Crippen LogP) is 4.83. The second kappa shape index (κ2) is 10.3. The molecule has 9 heteroatoms. The average Bonchev–Trinajstić information content (AvgIpc) is 3.35. The third-order valence-electron chi connectivity index (χ3n) is 7.69. The lowest BCUT2D eigenvalue weighted by atomic mass is 9.99. The number of carbonyl (C=O) groups is 1. The van der Waals surface area contributed by atoms with Gasteiger partial charge in [0.25, 0.3) is 5.91 Å². The Balaban J connectivity index is 1.31. The van der Waals surface area contributed by atoms with Crippen LogP contribution in [0.3, 0.4) is 0 Å². The van der Waals surface area contributed by atoms with Crippen LogP contribution in [0.4, 0.5) is 4.39 Å². The van der Waals surface area contributed by atoms with Crippen molar-refractivity contribution in [1.82, 2.24) is 15.1 Å². The molecule has 1 amide bonds. The Hall–Kier alpha value is -2.71. The molecule has 0 spiro atoms. The average molecular weight is 514 g/mol. The first-order valence-electron chi connectivity index (χ1n) is 12.8. The Morgan fingerprint density at radius 1 is 1.28 bits per heavy atom. The van der Waals surface area contributed by atoms with E-state index in [2.05, 4.69) is 22.1 Å². The van der Waals surface area contributed by atoms with E-state index in [1.54, 1.807) is 11.1 Å². The van der Waals surface area contributed by atoms with Crippen molar-refractivity contribution in [3.05, 3.63) is 51.7 Å². The molecule has 3 saturated heterocycles. The van der Waals surface area contributed by atoms with Crippen LogP contribution in [0.1, 0.15) is 62.7 Å². The van der Waals surface area contributed by atoms with Gasteiger partial charge in [-0.3, -0.25) is 9.69 Å². The molecule has 1 aromatic rings. The molecule has 4 heterocycles. The van der Waals surface area contributed by atoms with E-state index in [4.69, 9.17) is 21.7 Å². The molecule has 4 aliphatic heterocycles. The maximum atomic E-state index is 14.3. The molecule has 0 unspecified atom stereocenters. The summed E-state index contributed by atoms with van der Waals surface area (Å²) in [5.74, 6) is 0.108. The molecule has 2 bridgehead atoms. The van der Waals surface area contributed by atoms with E-state index < -0.39 is 5.82 Å². The van der Waals surface area contributed by atoms with Crippen LogP contribution in [-0.2, 0) is 0 Å². The maximum Gasteiger partial charge on any atom is 0.258 e. The molecule has 0 radical (unpaired) electrons. The molecule has 3 atom stereocenters. The molecule has 7 nitrogen and oxygen atoms in total. The van der Waals surface area contributed by atoms with E-state index in [1.807, 2.05) is 6.92 Å². The van der Waals surface area contributed by atoms with Gasteiger partial charge in [0.1, 0.15) is 23.5 Å². The SMILES string of the molecule is CCCCN1[C@@H]2CC[C@H]1C[C@@H](Oc1cc(F)ccc1C(=O)N1CC(=N)/C(=C3/N=CC(Cl)=C(C)N3)C1)C2. The number of fused-ring (bicyclic) bond motifs is 2. The summed E-state index contributed by atoms with van der Waals surface area (Å²) in [5.41, 5.74) is 2.03. The Labute approximate surface area is 216 Å². The Kier molecular flexibility index (Phi) is 7.17. The van der Waals surface area contributed by atoms with Crippen LogP contribution in [0, 0.1) is 11.2 Å². The van der Waals surface area contributed by atoms with Crippen LogP contribution in [0.25, 0.3) is 0 Å². The quantitative estimate of drug-likeness (QED) is 0.571. The highest BCUT2D eigenvalue weighted by molar-refractivity contribution is 6.39. The van der Waals surface area contributed by atoms with Crippen molar-refractivity contribution in [2.75, 3.05) is 19.6 Å². The lowest BCUT2D eigenvalue weighted by molar-refractivity contribution is 0.0474. The third kappa shape index (κ3) is 4.93. The molecule has 3 fully saturated rings. The monoisotopic (exact) mass is 513 g/mol. The first-order chi connectivity index (χ1) is 17.3. The number of piperidine rings is 1. The Morgan fingerprint density at radius 2 is 2.03 bits per heavy atom. The molecule has 5 rings (SSSR count). The molecule has 192 valence electrons. The zero-order valence-electron chi connectivity index (χ0n) is 20.8. The highest BCUT2D eigenvalue weighted by Crippen LogP contribution is 2.38. The van der Waals surface area contributed by atoms with E-state index in [9.17, 15) is 9.18 Å². The zero-order chi connectivity index (χ0) is 25.4. The van der Waals surface area contributed by atoms with Crippen molar-refractivity contribution in [2.24, 2.45) is 4.99 Å². The van der Waals surface area contributed by atoms with Crippen LogP contribution in [0.15, 0.2) is 45.3 Å². The van der Waals surface area contributed by atoms with Gasteiger partial charge in [-0.15, -0.1) is 0 Å². The first kappa shape index (κ1) is 25.0. The molecule has 0 aromatic heterocycles. The molecular formula is C27H33ClFN5O2. The molecule has 0 aliphatic carbocycles. The summed E-state index contributed by atoms with van der Waals surface area (Å²) in [6, 6.07) is 5.10. The number of aliphatic imine (C=N–C) groups is 1. The number of amides is 1. The van der Waals surface area contributed by atoms with Crippen molar-refractivity contribution >= 4 is 29.4 Å². The minimum Gasteiger partial charge on any atom is -0.489 e. The van der Waals surface area contributed by atoms with Crippen LogP contribution in [0.2, 0.25) is 0 Å². The van der Waals surface area contributed by atoms with Crippen molar-refractivity contribution < 1.29 is 13.9 Å². The van der Waals surface area contributed by atoms with Crippen LogP contribution in [0.5, 0.6) is 5.75 Å². The van der Waals surface area contributed by atoms with Crippen molar-refractivity contribution in [2.45, 2.75) is 70.6 Å². The normalized spacial score (nSPS) is 28.2. The number of benzene rings is 1. The first-order valence-corrected chi connectivity index (χ1v) is 13.2. The number of nitrogens with one attached hydrogen (secondary N) is 2. The summed E-state index contributed by atoms with van der Waals surface area (Å²) >= 11 is 6.08. The fourth-order valence-electron chi connectivity index (χ4n) is 5.78. The molecule has 2 N–H and O–H groups in total. The number of ether oxygens (including phenoxy) is 1. The molecule has 36 heavy (non-hydrogen) atoms. The summed E-state index contributed by atoms with van der Waals surface area (Å²) in [4.78, 5) is 22.0.